The van der Waals surface area contributed by atoms with Crippen LogP contribution in [0.3, 0.4) is 0 Å². The molecule has 0 aliphatic carbocycles. The van der Waals surface area contributed by atoms with Crippen LogP contribution in [0, 0.1) is 6.92 Å². The number of hydrogen-bond donors (Lipinski definition) is 0. The molecule has 2 aromatic rings. The highest BCUT2D eigenvalue weighted by Crippen LogP contribution is 2.25. The molecule has 0 N–H and O–H groups in total. The Morgan fingerprint density at radius 1 is 1.16 bits per heavy atom. The van der Waals surface area contributed by atoms with E-state index in [0.717, 1.165) is 57.0 Å². The van der Waals surface area contributed by atoms with Crippen LogP contribution in [0.1, 0.15) is 17.7 Å². The lowest BCUT2D eigenvalue weighted by atomic mass is 10.1. The molecule has 102 valence electrons. The van der Waals surface area contributed by atoms with Gasteiger partial charge < -0.3 is 9.15 Å². The second-order valence-corrected chi connectivity index (χ2v) is 5.20. The van der Waals surface area contributed by atoms with Crippen LogP contribution >= 0.6 is 0 Å². The van der Waals surface area contributed by atoms with E-state index in [4.69, 9.17) is 9.15 Å². The molecule has 1 aliphatic rings. The maximum Gasteiger partial charge on any atom is 0.134 e. The summed E-state index contributed by atoms with van der Waals surface area (Å²) in [4.78, 5) is 2.47. The molecule has 0 radical (unpaired) electrons. The van der Waals surface area contributed by atoms with E-state index in [1.165, 1.54) is 10.9 Å². The standard InChI is InChI=1S/C16H21NO2/c1-13-14-5-2-3-6-16(14)19-15(13)7-4-8-17-9-11-18-12-10-17/h2-3,5-6H,4,7-12H2,1H3. The van der Waals surface area contributed by atoms with Gasteiger partial charge in [-0.05, 0) is 31.5 Å². The van der Waals surface area contributed by atoms with Crippen LogP contribution in [0.5, 0.6) is 0 Å². The molecule has 3 heteroatoms. The van der Waals surface area contributed by atoms with Gasteiger partial charge >= 0.3 is 0 Å². The fraction of sp³-hybridized carbons (Fsp3) is 0.500. The summed E-state index contributed by atoms with van der Waals surface area (Å²) in [7, 11) is 0. The van der Waals surface area contributed by atoms with Gasteiger partial charge in [0, 0.05) is 24.9 Å². The largest absolute Gasteiger partial charge is 0.461 e. The van der Waals surface area contributed by atoms with Gasteiger partial charge in [0.05, 0.1) is 13.2 Å². The van der Waals surface area contributed by atoms with Crippen molar-refractivity contribution in [3.05, 3.63) is 35.6 Å². The van der Waals surface area contributed by atoms with Crippen LogP contribution in [0.4, 0.5) is 0 Å². The highest BCUT2D eigenvalue weighted by molar-refractivity contribution is 5.81. The molecule has 0 saturated carbocycles. The van der Waals surface area contributed by atoms with Gasteiger partial charge in [0.1, 0.15) is 11.3 Å². The van der Waals surface area contributed by atoms with Crippen molar-refractivity contribution in [2.45, 2.75) is 19.8 Å². The Balaban J connectivity index is 1.60. The number of benzene rings is 1. The summed E-state index contributed by atoms with van der Waals surface area (Å²) in [6.45, 7) is 7.20. The SMILES string of the molecule is Cc1c(CCCN2CCOCC2)oc2ccccc12. The molecule has 0 unspecified atom stereocenters. The summed E-state index contributed by atoms with van der Waals surface area (Å²) < 4.78 is 11.3. The van der Waals surface area contributed by atoms with Crippen LogP contribution in [0.25, 0.3) is 11.0 Å². The number of ether oxygens (including phenoxy) is 1. The smallest absolute Gasteiger partial charge is 0.134 e. The lowest BCUT2D eigenvalue weighted by molar-refractivity contribution is 0.0373. The molecule has 0 amide bonds. The summed E-state index contributed by atoms with van der Waals surface area (Å²) >= 11 is 0. The molecular formula is C16H21NO2. The molecule has 0 bridgehead atoms. The number of rotatable bonds is 4. The molecular weight excluding hydrogens is 238 g/mol. The zero-order valence-electron chi connectivity index (χ0n) is 11.5. The Bertz CT molecular complexity index is 541. The van der Waals surface area contributed by atoms with Gasteiger partial charge in [-0.25, -0.2) is 0 Å². The number of para-hydroxylation sites is 1. The second-order valence-electron chi connectivity index (χ2n) is 5.20. The monoisotopic (exact) mass is 259 g/mol. The van der Waals surface area contributed by atoms with Crippen LogP contribution in [0.2, 0.25) is 0 Å². The fourth-order valence-electron chi connectivity index (χ4n) is 2.75. The highest BCUT2D eigenvalue weighted by Gasteiger charge is 2.12. The van der Waals surface area contributed by atoms with Gasteiger partial charge in [-0.1, -0.05) is 18.2 Å². The van der Waals surface area contributed by atoms with Crippen LogP contribution in [-0.4, -0.2) is 37.7 Å². The van der Waals surface area contributed by atoms with Crippen LogP contribution in [-0.2, 0) is 11.2 Å². The Labute approximate surface area is 114 Å². The van der Waals surface area contributed by atoms with E-state index in [1.807, 2.05) is 12.1 Å². The van der Waals surface area contributed by atoms with Crippen LogP contribution in [0.15, 0.2) is 28.7 Å². The quantitative estimate of drug-likeness (QED) is 0.844. The molecule has 2 heterocycles. The minimum atomic E-state index is 0.879. The van der Waals surface area contributed by atoms with E-state index in [-0.39, 0.29) is 0 Å². The first kappa shape index (κ1) is 12.7. The third kappa shape index (κ3) is 2.82. The van der Waals surface area contributed by atoms with Gasteiger partial charge in [-0.15, -0.1) is 0 Å². The first-order valence-electron chi connectivity index (χ1n) is 7.12. The Morgan fingerprint density at radius 2 is 1.95 bits per heavy atom. The van der Waals surface area contributed by atoms with E-state index in [1.54, 1.807) is 0 Å². The summed E-state index contributed by atoms with van der Waals surface area (Å²) in [5, 5.41) is 1.25. The Morgan fingerprint density at radius 3 is 2.74 bits per heavy atom. The van der Waals surface area contributed by atoms with Gasteiger partial charge in [-0.2, -0.15) is 0 Å². The summed E-state index contributed by atoms with van der Waals surface area (Å²) in [6, 6.07) is 8.29. The maximum atomic E-state index is 5.95. The second kappa shape index (κ2) is 5.76. The molecule has 1 aliphatic heterocycles. The molecule has 19 heavy (non-hydrogen) atoms. The van der Waals surface area contributed by atoms with E-state index < -0.39 is 0 Å². The van der Waals surface area contributed by atoms with Gasteiger partial charge in [0.15, 0.2) is 0 Å². The predicted molar refractivity (Wildman–Crippen MR) is 76.5 cm³/mol. The number of furan rings is 1. The van der Waals surface area contributed by atoms with E-state index >= 15 is 0 Å². The first-order chi connectivity index (χ1) is 9.34. The number of aryl methyl sites for hydroxylation is 2. The van der Waals surface area contributed by atoms with E-state index in [2.05, 4.69) is 24.0 Å². The van der Waals surface area contributed by atoms with Crippen LogP contribution < -0.4 is 0 Å². The minimum absolute atomic E-state index is 0.879. The topological polar surface area (TPSA) is 25.6 Å². The van der Waals surface area contributed by atoms with Crippen molar-refractivity contribution in [3.63, 3.8) is 0 Å². The third-order valence-electron chi connectivity index (χ3n) is 3.92. The molecule has 1 aromatic carbocycles. The maximum absolute atomic E-state index is 5.95. The Hall–Kier alpha value is -1.32. The van der Waals surface area contributed by atoms with E-state index in [9.17, 15) is 0 Å². The Kier molecular flexibility index (Phi) is 3.85. The predicted octanol–water partition coefficient (Wildman–Crippen LogP) is 3.01. The van der Waals surface area contributed by atoms with Crippen molar-refractivity contribution in [2.75, 3.05) is 32.8 Å². The van der Waals surface area contributed by atoms with Gasteiger partial charge in [-0.3, -0.25) is 4.90 Å². The summed E-state index contributed by atoms with van der Waals surface area (Å²) in [5.41, 5.74) is 2.32. The number of hydrogen-bond acceptors (Lipinski definition) is 3. The van der Waals surface area contributed by atoms with Crippen molar-refractivity contribution in [3.8, 4) is 0 Å². The van der Waals surface area contributed by atoms with Crippen molar-refractivity contribution in [1.82, 2.24) is 4.90 Å². The third-order valence-corrected chi connectivity index (χ3v) is 3.92. The normalized spacial score (nSPS) is 17.1. The molecule has 1 aromatic heterocycles. The first-order valence-corrected chi connectivity index (χ1v) is 7.12. The lowest BCUT2D eigenvalue weighted by Gasteiger charge is -2.26. The fourth-order valence-corrected chi connectivity index (χ4v) is 2.75. The lowest BCUT2D eigenvalue weighted by Crippen LogP contribution is -2.36. The molecule has 0 atom stereocenters. The zero-order valence-corrected chi connectivity index (χ0v) is 11.5. The van der Waals surface area contributed by atoms with Gasteiger partial charge in [0.2, 0.25) is 0 Å². The number of nitrogens with zero attached hydrogens (tertiary/aromatic N) is 1. The summed E-state index contributed by atoms with van der Waals surface area (Å²) in [6.07, 6.45) is 2.18. The van der Waals surface area contributed by atoms with E-state index in [0.29, 0.717) is 0 Å². The van der Waals surface area contributed by atoms with Crippen molar-refractivity contribution < 1.29 is 9.15 Å². The molecule has 3 nitrogen and oxygen atoms in total. The van der Waals surface area contributed by atoms with Gasteiger partial charge in [0.25, 0.3) is 0 Å². The zero-order chi connectivity index (χ0) is 13.1. The minimum Gasteiger partial charge on any atom is -0.461 e. The van der Waals surface area contributed by atoms with Crippen molar-refractivity contribution >= 4 is 11.0 Å². The van der Waals surface area contributed by atoms with Crippen molar-refractivity contribution in [1.29, 1.82) is 0 Å². The molecule has 1 fully saturated rings. The molecule has 1 saturated heterocycles. The number of fused-ring (bicyclic) bond motifs is 1. The van der Waals surface area contributed by atoms with Crippen molar-refractivity contribution in [2.24, 2.45) is 0 Å². The highest BCUT2D eigenvalue weighted by atomic mass is 16.5. The summed E-state index contributed by atoms with van der Waals surface area (Å²) in [5.74, 6) is 1.15. The molecule has 3 rings (SSSR count). The molecule has 0 spiro atoms. The number of morpholine rings is 1. The average Bonchev–Trinajstić information content (AvgIpc) is 2.78. The average molecular weight is 259 g/mol.